The van der Waals surface area contributed by atoms with Gasteiger partial charge in [0.05, 0.1) is 19.1 Å². The monoisotopic (exact) mass is 389 g/mol. The Morgan fingerprint density at radius 3 is 2.52 bits per heavy atom. The van der Waals surface area contributed by atoms with Crippen LogP contribution < -0.4 is 10.2 Å². The third-order valence-corrected chi connectivity index (χ3v) is 5.42. The molecule has 1 aliphatic rings. The number of benzene rings is 2. The molecule has 2 atom stereocenters. The number of amides is 1. The number of nitrogens with one attached hydrogen (secondary N) is 2. The molecule has 5 nitrogen and oxygen atoms in total. The van der Waals surface area contributed by atoms with E-state index in [1.165, 1.54) is 17.4 Å². The maximum atomic E-state index is 12.6. The Morgan fingerprint density at radius 1 is 1.03 bits per heavy atom. The Morgan fingerprint density at radius 2 is 1.79 bits per heavy atom. The molecule has 2 heterocycles. The quantitative estimate of drug-likeness (QED) is 0.637. The van der Waals surface area contributed by atoms with Gasteiger partial charge in [-0.15, -0.1) is 0 Å². The van der Waals surface area contributed by atoms with Crippen LogP contribution in [-0.4, -0.2) is 30.8 Å². The number of likely N-dealkylation sites (tertiary alicyclic amines) is 1. The molecule has 0 aliphatic carbocycles. The fourth-order valence-electron chi connectivity index (χ4n) is 3.84. The maximum Gasteiger partial charge on any atom is 0.287 e. The molecule has 0 bridgehead atoms. The minimum absolute atomic E-state index is 0.0241. The second-order valence-corrected chi connectivity index (χ2v) is 7.62. The largest absolute Gasteiger partial charge is 0.451 e. The average molecular weight is 389 g/mol. The van der Waals surface area contributed by atoms with Crippen LogP contribution in [0, 0.1) is 0 Å². The van der Waals surface area contributed by atoms with E-state index in [-0.39, 0.29) is 17.7 Å². The van der Waals surface area contributed by atoms with Crippen LogP contribution in [0.25, 0.3) is 11.3 Å². The summed E-state index contributed by atoms with van der Waals surface area (Å²) in [6, 6.07) is 21.3. The second-order valence-electron chi connectivity index (χ2n) is 7.62. The molecule has 29 heavy (non-hydrogen) atoms. The molecule has 2 aromatic carbocycles. The number of Topliss-reactive ketones (excluding diaryl/α,β-unsaturated/α-hetero) is 1. The summed E-state index contributed by atoms with van der Waals surface area (Å²) in [7, 11) is 0. The number of hydrogen-bond donors (Lipinski definition) is 2. The van der Waals surface area contributed by atoms with Crippen molar-refractivity contribution in [1.29, 1.82) is 0 Å². The number of furan rings is 1. The fraction of sp³-hybridized carbons (Fsp3) is 0.250. The van der Waals surface area contributed by atoms with E-state index >= 15 is 0 Å². The number of carbonyl (C=O) groups is 2. The Kier molecular flexibility index (Phi) is 5.58. The first kappa shape index (κ1) is 19.2. The van der Waals surface area contributed by atoms with E-state index < -0.39 is 0 Å². The van der Waals surface area contributed by atoms with Crippen LogP contribution in [0.4, 0.5) is 0 Å². The van der Waals surface area contributed by atoms with Crippen molar-refractivity contribution < 1.29 is 18.9 Å². The van der Waals surface area contributed by atoms with Crippen LogP contribution in [0.15, 0.2) is 71.1 Å². The topological polar surface area (TPSA) is 63.8 Å². The normalized spacial score (nSPS) is 18.5. The van der Waals surface area contributed by atoms with E-state index in [4.69, 9.17) is 4.42 Å². The number of ketones is 1. The van der Waals surface area contributed by atoms with Crippen molar-refractivity contribution in [2.24, 2.45) is 0 Å². The summed E-state index contributed by atoms with van der Waals surface area (Å²) in [6.07, 6.45) is 0.966. The zero-order chi connectivity index (χ0) is 20.2. The smallest absolute Gasteiger partial charge is 0.287 e. The zero-order valence-electron chi connectivity index (χ0n) is 16.5. The highest BCUT2D eigenvalue weighted by Crippen LogP contribution is 2.23. The molecule has 2 N–H and O–H groups in total. The Bertz CT molecular complexity index is 992. The predicted molar refractivity (Wildman–Crippen MR) is 111 cm³/mol. The molecular weight excluding hydrogens is 364 g/mol. The van der Waals surface area contributed by atoms with Gasteiger partial charge in [-0.2, -0.15) is 0 Å². The molecule has 1 fully saturated rings. The number of quaternary nitrogens is 1. The van der Waals surface area contributed by atoms with Crippen molar-refractivity contribution in [3.63, 3.8) is 0 Å². The van der Waals surface area contributed by atoms with Crippen molar-refractivity contribution in [1.82, 2.24) is 5.32 Å². The highest BCUT2D eigenvalue weighted by atomic mass is 16.3. The van der Waals surface area contributed by atoms with E-state index in [2.05, 4.69) is 29.6 Å². The van der Waals surface area contributed by atoms with E-state index in [1.54, 1.807) is 24.3 Å². The third kappa shape index (κ3) is 4.63. The first-order chi connectivity index (χ1) is 14.1. The van der Waals surface area contributed by atoms with Gasteiger partial charge < -0.3 is 14.6 Å². The molecule has 0 radical (unpaired) electrons. The zero-order valence-corrected chi connectivity index (χ0v) is 16.5. The van der Waals surface area contributed by atoms with Crippen LogP contribution in [0.3, 0.4) is 0 Å². The van der Waals surface area contributed by atoms with Gasteiger partial charge in [0, 0.05) is 23.1 Å². The molecule has 1 unspecified atom stereocenters. The summed E-state index contributed by atoms with van der Waals surface area (Å²) in [5.41, 5.74) is 2.82. The second kappa shape index (κ2) is 8.45. The van der Waals surface area contributed by atoms with Crippen molar-refractivity contribution in [2.75, 3.05) is 13.1 Å². The Balaban J connectivity index is 1.34. The van der Waals surface area contributed by atoms with Gasteiger partial charge in [0.15, 0.2) is 11.5 Å². The standard InChI is InChI=1S/C24H24N2O3/c1-17(27)19-7-9-20(10-8-19)22-11-12-23(29-22)24(28)25-21-13-14-26(16-21)15-18-5-3-2-4-6-18/h2-12,21H,13-16H2,1H3,(H,25,28)/p+1/t21-/m1/s1. The highest BCUT2D eigenvalue weighted by Gasteiger charge is 2.28. The van der Waals surface area contributed by atoms with Crippen LogP contribution in [0.2, 0.25) is 0 Å². The van der Waals surface area contributed by atoms with Gasteiger partial charge in [0.2, 0.25) is 0 Å². The van der Waals surface area contributed by atoms with Crippen LogP contribution in [0.1, 0.15) is 39.8 Å². The fourth-order valence-corrected chi connectivity index (χ4v) is 3.84. The number of rotatable bonds is 6. The van der Waals surface area contributed by atoms with Crippen molar-refractivity contribution >= 4 is 11.7 Å². The molecule has 1 aromatic heterocycles. The predicted octanol–water partition coefficient (Wildman–Crippen LogP) is 2.74. The van der Waals surface area contributed by atoms with E-state index in [1.807, 2.05) is 18.2 Å². The molecule has 0 saturated carbocycles. The Hall–Kier alpha value is -3.18. The summed E-state index contributed by atoms with van der Waals surface area (Å²) < 4.78 is 5.76. The molecule has 1 saturated heterocycles. The third-order valence-electron chi connectivity index (χ3n) is 5.42. The van der Waals surface area contributed by atoms with Gasteiger partial charge in [-0.3, -0.25) is 9.59 Å². The highest BCUT2D eigenvalue weighted by molar-refractivity contribution is 5.94. The van der Waals surface area contributed by atoms with E-state index in [0.29, 0.717) is 17.1 Å². The number of carbonyl (C=O) groups excluding carboxylic acids is 2. The lowest BCUT2D eigenvalue weighted by Crippen LogP contribution is -3.09. The van der Waals surface area contributed by atoms with Gasteiger partial charge >= 0.3 is 0 Å². The minimum Gasteiger partial charge on any atom is -0.451 e. The lowest BCUT2D eigenvalue weighted by atomic mass is 10.1. The molecule has 148 valence electrons. The van der Waals surface area contributed by atoms with Crippen molar-refractivity contribution in [3.05, 3.63) is 83.6 Å². The summed E-state index contributed by atoms with van der Waals surface area (Å²) in [5, 5.41) is 3.10. The summed E-state index contributed by atoms with van der Waals surface area (Å²) in [5.74, 6) is 0.777. The molecule has 0 spiro atoms. The Labute approximate surface area is 170 Å². The van der Waals surface area contributed by atoms with Crippen molar-refractivity contribution in [2.45, 2.75) is 25.9 Å². The van der Waals surface area contributed by atoms with E-state index in [9.17, 15) is 9.59 Å². The maximum absolute atomic E-state index is 12.6. The van der Waals surface area contributed by atoms with Gasteiger partial charge in [0.1, 0.15) is 12.3 Å². The van der Waals surface area contributed by atoms with Crippen LogP contribution in [-0.2, 0) is 6.54 Å². The van der Waals surface area contributed by atoms with Gasteiger partial charge in [-0.1, -0.05) is 54.6 Å². The molecule has 1 aliphatic heterocycles. The van der Waals surface area contributed by atoms with E-state index in [0.717, 1.165) is 31.6 Å². The van der Waals surface area contributed by atoms with Gasteiger partial charge in [-0.25, -0.2) is 0 Å². The number of hydrogen-bond acceptors (Lipinski definition) is 3. The molecule has 5 heteroatoms. The first-order valence-electron chi connectivity index (χ1n) is 9.98. The average Bonchev–Trinajstić information content (AvgIpc) is 3.39. The lowest BCUT2D eigenvalue weighted by Gasteiger charge is -2.14. The lowest BCUT2D eigenvalue weighted by molar-refractivity contribution is -0.901. The van der Waals surface area contributed by atoms with Crippen molar-refractivity contribution in [3.8, 4) is 11.3 Å². The van der Waals surface area contributed by atoms with Crippen LogP contribution in [0.5, 0.6) is 0 Å². The SMILES string of the molecule is CC(=O)c1ccc(-c2ccc(C(=O)N[C@@H]3CC[NH+](Cc4ccccc4)C3)o2)cc1. The van der Waals surface area contributed by atoms with Gasteiger partial charge in [0.25, 0.3) is 5.91 Å². The molecular formula is C24H25N2O3+. The first-order valence-corrected chi connectivity index (χ1v) is 9.98. The minimum atomic E-state index is -0.178. The summed E-state index contributed by atoms with van der Waals surface area (Å²) in [6.45, 7) is 4.48. The molecule has 3 aromatic rings. The molecule has 4 rings (SSSR count). The van der Waals surface area contributed by atoms with Crippen LogP contribution >= 0.6 is 0 Å². The van der Waals surface area contributed by atoms with Gasteiger partial charge in [-0.05, 0) is 19.1 Å². The summed E-state index contributed by atoms with van der Waals surface area (Å²) >= 11 is 0. The molecule has 1 amide bonds. The summed E-state index contributed by atoms with van der Waals surface area (Å²) in [4.78, 5) is 25.5.